The van der Waals surface area contributed by atoms with E-state index in [4.69, 9.17) is 18.9 Å². The number of imidazole rings is 1. The molecule has 7 heterocycles. The van der Waals surface area contributed by atoms with Gasteiger partial charge in [0.05, 0.1) is 46.4 Å². The van der Waals surface area contributed by atoms with E-state index in [1.54, 1.807) is 27.7 Å². The number of anilines is 4. The number of alkyl carbamates (subject to hydrolysis) is 2. The van der Waals surface area contributed by atoms with Crippen molar-refractivity contribution < 1.29 is 68.4 Å². The average molecular weight is 1010 g/mol. The lowest BCUT2D eigenvalue weighted by Gasteiger charge is -2.16. The molecule has 0 bridgehead atoms. The summed E-state index contributed by atoms with van der Waals surface area (Å²) in [6.45, 7) is 5.42. The van der Waals surface area contributed by atoms with Crippen molar-refractivity contribution in [2.45, 2.75) is 115 Å². The molecule has 71 heavy (non-hydrogen) atoms. The van der Waals surface area contributed by atoms with Crippen molar-refractivity contribution in [2.75, 3.05) is 24.4 Å². The number of nitrogens with zero attached hydrogens (tertiary/aromatic N) is 10. The van der Waals surface area contributed by atoms with E-state index < -0.39 is 79.1 Å². The first-order valence-corrected chi connectivity index (χ1v) is 21.6. The van der Waals surface area contributed by atoms with Crippen LogP contribution in [0, 0.1) is 6.07 Å². The molecule has 30 heteroatoms. The number of ether oxygens (including phenoxy) is 5. The van der Waals surface area contributed by atoms with Crippen molar-refractivity contribution >= 4 is 46.8 Å². The number of halogens is 8. The molecule has 8 rings (SSSR count). The zero-order valence-corrected chi connectivity index (χ0v) is 38.0. The second-order valence-corrected chi connectivity index (χ2v) is 16.9. The van der Waals surface area contributed by atoms with Gasteiger partial charge in [-0.15, -0.1) is 13.2 Å². The van der Waals surface area contributed by atoms with E-state index in [0.29, 0.717) is 6.20 Å². The number of aromatic nitrogens is 10. The van der Waals surface area contributed by atoms with Gasteiger partial charge >= 0.3 is 24.7 Å². The van der Waals surface area contributed by atoms with E-state index in [1.165, 1.54) is 37.7 Å². The third-order valence-electron chi connectivity index (χ3n) is 10.7. The number of hydrogen-bond acceptors (Lipinski definition) is 15. The Hall–Kier alpha value is -7.39. The Labute approximate surface area is 395 Å². The van der Waals surface area contributed by atoms with Gasteiger partial charge in [0, 0.05) is 49.6 Å². The van der Waals surface area contributed by atoms with E-state index >= 15 is 8.78 Å². The molecule has 2 aliphatic rings. The number of rotatable bonds is 14. The van der Waals surface area contributed by atoms with Gasteiger partial charge in [-0.25, -0.2) is 37.8 Å². The van der Waals surface area contributed by atoms with E-state index in [0.717, 1.165) is 13.7 Å². The Morgan fingerprint density at radius 3 is 2.34 bits per heavy atom. The molecule has 6 atom stereocenters. The van der Waals surface area contributed by atoms with Crippen LogP contribution in [0.15, 0.2) is 36.8 Å². The summed E-state index contributed by atoms with van der Waals surface area (Å²) in [5, 5.41) is 26.3. The van der Waals surface area contributed by atoms with Crippen molar-refractivity contribution in [3.63, 3.8) is 0 Å². The number of amides is 2. The molecule has 6 aromatic heterocycles. The summed E-state index contributed by atoms with van der Waals surface area (Å²) in [5.41, 5.74) is -1.32. The molecule has 380 valence electrons. The smallest absolute Gasteiger partial charge is 0.443 e. The molecule has 2 fully saturated rings. The predicted molar refractivity (Wildman–Crippen MR) is 229 cm³/mol. The normalized spacial score (nSPS) is 20.4. The standard InChI is InChI=1S/C41H43F8N15O7/c1-18(2)52-38(65)70-29-7-20(6-25(29)42)27-10-32(57-37-50-12-24(40(44,45)46)36-55-23(15-67-5)13-62(36)37)61-64(27)51-11-22-14-63-28(8-21(60-63)16-69-41(47,48)49)35(54-22)56-31-9-26(58-59-31)34-33(43)30(17-68-34)71-39(66)53-19(3)4/h8-10,12-14,18-20,25,29-30,33-34H,6-7,15-17H2,1-5H3,(H4-,50,52,53,54,55,56,57,58,59,60,61,65,66)/p+1/t20-,25+,29-,30+,33-,34+/m0/s1. The Kier molecular flexibility index (Phi) is 14.2. The number of carbonyl (C=O) groups excluding carboxylic acids is 2. The fraction of sp³-hybridized carbons (Fsp3) is 0.488. The maximum atomic E-state index is 15.6. The summed E-state index contributed by atoms with van der Waals surface area (Å²) in [7, 11) is 1.34. The molecule has 1 aliphatic heterocycles. The monoisotopic (exact) mass is 1010 g/mol. The number of H-pyrrole nitrogens is 1. The van der Waals surface area contributed by atoms with Gasteiger partial charge in [-0.3, -0.25) is 19.6 Å². The molecule has 6 aromatic rings. The van der Waals surface area contributed by atoms with Crippen LogP contribution in [0.3, 0.4) is 0 Å². The van der Waals surface area contributed by atoms with E-state index in [9.17, 15) is 35.9 Å². The quantitative estimate of drug-likeness (QED) is 0.0681. The van der Waals surface area contributed by atoms with E-state index in [-0.39, 0.29) is 95.5 Å². The Morgan fingerprint density at radius 1 is 0.915 bits per heavy atom. The van der Waals surface area contributed by atoms with Crippen molar-refractivity contribution in [1.29, 1.82) is 0 Å². The lowest BCUT2D eigenvalue weighted by atomic mass is 10.0. The van der Waals surface area contributed by atoms with Gasteiger partial charge in [0.25, 0.3) is 5.82 Å². The number of methoxy groups -OCH3 is 1. The Morgan fingerprint density at radius 2 is 1.65 bits per heavy atom. The van der Waals surface area contributed by atoms with Crippen molar-refractivity contribution in [3.05, 3.63) is 75.8 Å². The molecule has 2 amide bonds. The zero-order chi connectivity index (χ0) is 50.9. The first-order chi connectivity index (χ1) is 33.6. The van der Waals surface area contributed by atoms with Gasteiger partial charge in [0.15, 0.2) is 35.3 Å². The van der Waals surface area contributed by atoms with Crippen molar-refractivity contribution in [2.24, 2.45) is 0 Å². The lowest BCUT2D eigenvalue weighted by molar-refractivity contribution is -0.330. The van der Waals surface area contributed by atoms with Gasteiger partial charge in [0.1, 0.15) is 41.8 Å². The van der Waals surface area contributed by atoms with E-state index in [2.05, 4.69) is 72.4 Å². The molecular weight excluding hydrogens is 967 g/mol. The van der Waals surface area contributed by atoms with E-state index in [1.807, 2.05) is 0 Å². The molecule has 0 radical (unpaired) electrons. The van der Waals surface area contributed by atoms with Crippen LogP contribution in [0.4, 0.5) is 68.1 Å². The number of hydrogen-bond donors (Lipinski definition) is 5. The highest BCUT2D eigenvalue weighted by Gasteiger charge is 2.44. The molecule has 22 nitrogen and oxygen atoms in total. The molecule has 1 aliphatic carbocycles. The van der Waals surface area contributed by atoms with Gasteiger partial charge in [-0.1, -0.05) is 0 Å². The van der Waals surface area contributed by atoms with Crippen molar-refractivity contribution in [1.82, 2.24) is 59.7 Å². The molecule has 1 saturated carbocycles. The predicted octanol–water partition coefficient (Wildman–Crippen LogP) is 7.16. The van der Waals surface area contributed by atoms with Crippen LogP contribution in [-0.4, -0.2) is 118 Å². The maximum Gasteiger partial charge on any atom is 0.522 e. The minimum absolute atomic E-state index is 0.0275. The highest BCUT2D eigenvalue weighted by molar-refractivity contribution is 5.73. The Balaban J connectivity index is 1.13. The summed E-state index contributed by atoms with van der Waals surface area (Å²) < 4.78 is 140. The molecule has 0 unspecified atom stereocenters. The molecule has 1 saturated heterocycles. The van der Waals surface area contributed by atoms with Crippen LogP contribution < -0.4 is 21.3 Å². The molecular formula is C41H44F8N15O7+. The summed E-state index contributed by atoms with van der Waals surface area (Å²) in [4.78, 5) is 42.5. The average Bonchev–Trinajstić information content (AvgIpc) is 4.14. The van der Waals surface area contributed by atoms with Gasteiger partial charge in [-0.05, 0) is 51.6 Å². The topological polar surface area (TPSA) is 240 Å². The van der Waals surface area contributed by atoms with Crippen molar-refractivity contribution in [3.8, 4) is 6.07 Å². The van der Waals surface area contributed by atoms with Gasteiger partial charge < -0.3 is 34.9 Å². The SMILES string of the molecule is COCc1cn2c(Nc3cc([C@H]4C[C@@H](F)[C@@H](OC(=O)NC(C)C)C4)n([N+]#Cc4cn5nc(COC(F)(F)F)cc5c(Nc5cc([C@H]6OC[C@@H](OC(=O)NC(C)C)[C@@H]6F)[nH]n5)n4)n3)ncc(C(F)(F)F)c2n1. The van der Waals surface area contributed by atoms with Gasteiger partial charge in [-0.2, -0.15) is 23.4 Å². The third-order valence-corrected chi connectivity index (χ3v) is 10.7. The largest absolute Gasteiger partial charge is 0.522 e. The number of alkyl halides is 8. The highest BCUT2D eigenvalue weighted by Crippen LogP contribution is 2.40. The number of carbonyl (C=O) groups is 2. The summed E-state index contributed by atoms with van der Waals surface area (Å²) in [5.74, 6) is -0.981. The highest BCUT2D eigenvalue weighted by atomic mass is 19.4. The maximum absolute atomic E-state index is 15.6. The van der Waals surface area contributed by atoms with Crippen LogP contribution >= 0.6 is 0 Å². The fourth-order valence-electron chi connectivity index (χ4n) is 7.70. The number of fused-ring (bicyclic) bond motifs is 2. The third kappa shape index (κ3) is 11.8. The summed E-state index contributed by atoms with van der Waals surface area (Å²) in [6, 6.07) is 6.18. The first-order valence-electron chi connectivity index (χ1n) is 21.6. The number of aromatic amines is 1. The molecule has 5 N–H and O–H groups in total. The number of nitrogens with one attached hydrogen (secondary N) is 5. The first kappa shape index (κ1) is 50.0. The minimum atomic E-state index is -4.99. The fourth-order valence-corrected chi connectivity index (χ4v) is 7.70. The second kappa shape index (κ2) is 20.1. The van der Waals surface area contributed by atoms with Crippen LogP contribution in [-0.2, 0) is 43.1 Å². The van der Waals surface area contributed by atoms with Crippen LogP contribution in [0.25, 0.3) is 16.1 Å². The zero-order valence-electron chi connectivity index (χ0n) is 38.0. The van der Waals surface area contributed by atoms with Gasteiger partial charge in [0.2, 0.25) is 12.0 Å². The Bertz CT molecular complexity index is 2960. The summed E-state index contributed by atoms with van der Waals surface area (Å²) >= 11 is 0. The second-order valence-electron chi connectivity index (χ2n) is 16.9. The van der Waals surface area contributed by atoms with Crippen LogP contribution in [0.2, 0.25) is 0 Å². The van der Waals surface area contributed by atoms with Crippen LogP contribution in [0.5, 0.6) is 0 Å². The molecule has 0 spiro atoms. The van der Waals surface area contributed by atoms with Crippen LogP contribution in [0.1, 0.15) is 86.6 Å². The molecule has 0 aromatic carbocycles. The lowest BCUT2D eigenvalue weighted by Crippen LogP contribution is -2.36. The minimum Gasteiger partial charge on any atom is -0.443 e. The summed E-state index contributed by atoms with van der Waals surface area (Å²) in [6.07, 6.45) is -15.7.